The first kappa shape index (κ1) is 26.3. The number of rotatable bonds is 7. The maximum Gasteiger partial charge on any atom is 0.407 e. The standard InChI is InChI=1S/C21H35N5O3.HI/c1-5-22-19(23-10-11-24-20(27)29-21(2,3)4)25-16-17-8-6-7-9-18(17)26-12-14-28-15-13-26;/h6-9H,5,10-16H2,1-4H3,(H,24,27)(H2,22,23,25);1H. The molecule has 30 heavy (non-hydrogen) atoms. The first-order valence-electron chi connectivity index (χ1n) is 10.3. The van der Waals surface area contributed by atoms with Crippen molar-refractivity contribution in [1.82, 2.24) is 16.0 Å². The van der Waals surface area contributed by atoms with Gasteiger partial charge in [0.05, 0.1) is 19.8 Å². The van der Waals surface area contributed by atoms with E-state index in [1.165, 1.54) is 11.3 Å². The number of aliphatic imine (C=N–C) groups is 1. The topological polar surface area (TPSA) is 87.2 Å². The zero-order chi connectivity index (χ0) is 21.1. The maximum absolute atomic E-state index is 11.7. The largest absolute Gasteiger partial charge is 0.444 e. The number of amides is 1. The van der Waals surface area contributed by atoms with E-state index in [2.05, 4.69) is 39.0 Å². The Labute approximate surface area is 197 Å². The lowest BCUT2D eigenvalue weighted by Crippen LogP contribution is -2.42. The van der Waals surface area contributed by atoms with Crippen LogP contribution < -0.4 is 20.9 Å². The van der Waals surface area contributed by atoms with Gasteiger partial charge in [0.25, 0.3) is 0 Å². The molecule has 9 heteroatoms. The fraction of sp³-hybridized carbons (Fsp3) is 0.619. The van der Waals surface area contributed by atoms with Crippen LogP contribution in [-0.4, -0.2) is 63.6 Å². The zero-order valence-electron chi connectivity index (χ0n) is 18.5. The van der Waals surface area contributed by atoms with Crippen LogP contribution in [0.2, 0.25) is 0 Å². The van der Waals surface area contributed by atoms with Gasteiger partial charge in [-0.15, -0.1) is 24.0 Å². The number of anilines is 1. The van der Waals surface area contributed by atoms with E-state index in [1.54, 1.807) is 0 Å². The SMILES string of the molecule is CCNC(=NCc1ccccc1N1CCOCC1)NCCNC(=O)OC(C)(C)C.I. The van der Waals surface area contributed by atoms with Crippen molar-refractivity contribution in [1.29, 1.82) is 0 Å². The Kier molecular flexibility index (Phi) is 11.9. The first-order valence-corrected chi connectivity index (χ1v) is 10.3. The van der Waals surface area contributed by atoms with Crippen molar-refractivity contribution in [2.45, 2.75) is 39.8 Å². The summed E-state index contributed by atoms with van der Waals surface area (Å²) < 4.78 is 10.7. The molecule has 0 saturated carbocycles. The summed E-state index contributed by atoms with van der Waals surface area (Å²) in [4.78, 5) is 18.8. The van der Waals surface area contributed by atoms with E-state index in [-0.39, 0.29) is 24.0 Å². The summed E-state index contributed by atoms with van der Waals surface area (Å²) in [7, 11) is 0. The number of carbonyl (C=O) groups excluding carboxylic acids is 1. The van der Waals surface area contributed by atoms with E-state index in [9.17, 15) is 4.79 Å². The molecule has 1 amide bonds. The van der Waals surface area contributed by atoms with Crippen LogP contribution in [0.15, 0.2) is 29.3 Å². The second kappa shape index (κ2) is 13.5. The number of ether oxygens (including phenoxy) is 2. The highest BCUT2D eigenvalue weighted by atomic mass is 127. The van der Waals surface area contributed by atoms with E-state index >= 15 is 0 Å². The smallest absolute Gasteiger partial charge is 0.407 e. The molecule has 170 valence electrons. The van der Waals surface area contributed by atoms with Gasteiger partial charge >= 0.3 is 6.09 Å². The van der Waals surface area contributed by atoms with Gasteiger partial charge in [0, 0.05) is 38.4 Å². The molecule has 0 spiro atoms. The Balaban J connectivity index is 0.00000450. The molecule has 0 unspecified atom stereocenters. The van der Waals surface area contributed by atoms with Crippen LogP contribution in [0.4, 0.5) is 10.5 Å². The van der Waals surface area contributed by atoms with Crippen LogP contribution >= 0.6 is 24.0 Å². The molecule has 2 rings (SSSR count). The predicted molar refractivity (Wildman–Crippen MR) is 132 cm³/mol. The predicted octanol–water partition coefficient (Wildman–Crippen LogP) is 2.72. The summed E-state index contributed by atoms with van der Waals surface area (Å²) in [6.07, 6.45) is -0.416. The zero-order valence-corrected chi connectivity index (χ0v) is 20.8. The van der Waals surface area contributed by atoms with E-state index in [1.807, 2.05) is 33.8 Å². The molecule has 1 aromatic carbocycles. The number of alkyl carbamates (subject to hydrolysis) is 1. The van der Waals surface area contributed by atoms with Gasteiger partial charge in [-0.05, 0) is 39.3 Å². The Bertz CT molecular complexity index is 673. The highest BCUT2D eigenvalue weighted by Crippen LogP contribution is 2.22. The second-order valence-corrected chi connectivity index (χ2v) is 7.78. The number of carbonyl (C=O) groups is 1. The molecule has 0 radical (unpaired) electrons. The van der Waals surface area contributed by atoms with Gasteiger partial charge in [-0.2, -0.15) is 0 Å². The van der Waals surface area contributed by atoms with Gasteiger partial charge in [0.1, 0.15) is 5.60 Å². The third-order valence-electron chi connectivity index (χ3n) is 4.18. The normalized spacial score (nSPS) is 14.5. The molecule has 1 aliphatic rings. The van der Waals surface area contributed by atoms with E-state index < -0.39 is 11.7 Å². The van der Waals surface area contributed by atoms with Gasteiger partial charge in [-0.3, -0.25) is 0 Å². The Morgan fingerprint density at radius 1 is 1.13 bits per heavy atom. The maximum atomic E-state index is 11.7. The Morgan fingerprint density at radius 3 is 2.47 bits per heavy atom. The van der Waals surface area contributed by atoms with Crippen LogP contribution in [0.1, 0.15) is 33.3 Å². The summed E-state index contributed by atoms with van der Waals surface area (Å²) in [6, 6.07) is 8.35. The van der Waals surface area contributed by atoms with Crippen molar-refractivity contribution in [3.8, 4) is 0 Å². The first-order chi connectivity index (χ1) is 13.9. The van der Waals surface area contributed by atoms with E-state index in [0.717, 1.165) is 38.8 Å². The van der Waals surface area contributed by atoms with Crippen molar-refractivity contribution < 1.29 is 14.3 Å². The fourth-order valence-electron chi connectivity index (χ4n) is 2.92. The van der Waals surface area contributed by atoms with Crippen molar-refractivity contribution in [2.75, 3.05) is 50.8 Å². The molecule has 1 fully saturated rings. The molecule has 0 aromatic heterocycles. The average Bonchev–Trinajstić information content (AvgIpc) is 2.69. The highest BCUT2D eigenvalue weighted by Gasteiger charge is 2.16. The van der Waals surface area contributed by atoms with Gasteiger partial charge in [-0.1, -0.05) is 18.2 Å². The number of hydrogen-bond acceptors (Lipinski definition) is 5. The average molecular weight is 533 g/mol. The van der Waals surface area contributed by atoms with Gasteiger partial charge < -0.3 is 30.3 Å². The van der Waals surface area contributed by atoms with Crippen LogP contribution in [-0.2, 0) is 16.0 Å². The summed E-state index contributed by atoms with van der Waals surface area (Å²) in [5.41, 5.74) is 1.89. The quantitative estimate of drug-likeness (QED) is 0.216. The van der Waals surface area contributed by atoms with Crippen molar-refractivity contribution in [3.05, 3.63) is 29.8 Å². The van der Waals surface area contributed by atoms with Crippen LogP contribution in [0.5, 0.6) is 0 Å². The summed E-state index contributed by atoms with van der Waals surface area (Å²) in [5.74, 6) is 0.718. The number of nitrogens with zero attached hydrogens (tertiary/aromatic N) is 2. The van der Waals surface area contributed by atoms with E-state index in [0.29, 0.717) is 19.6 Å². The second-order valence-electron chi connectivity index (χ2n) is 7.78. The lowest BCUT2D eigenvalue weighted by molar-refractivity contribution is 0.0529. The molecule has 1 heterocycles. The Hall–Kier alpha value is -1.75. The summed E-state index contributed by atoms with van der Waals surface area (Å²) >= 11 is 0. The molecule has 0 atom stereocenters. The highest BCUT2D eigenvalue weighted by molar-refractivity contribution is 14.0. The van der Waals surface area contributed by atoms with Crippen LogP contribution in [0.25, 0.3) is 0 Å². The molecular formula is C21H36IN5O3. The molecule has 1 aliphatic heterocycles. The van der Waals surface area contributed by atoms with E-state index in [4.69, 9.17) is 14.5 Å². The van der Waals surface area contributed by atoms with Crippen LogP contribution in [0, 0.1) is 0 Å². The minimum Gasteiger partial charge on any atom is -0.444 e. The lowest BCUT2D eigenvalue weighted by Gasteiger charge is -2.30. The number of benzene rings is 1. The number of halogens is 1. The van der Waals surface area contributed by atoms with Crippen molar-refractivity contribution in [3.63, 3.8) is 0 Å². The van der Waals surface area contributed by atoms with Gasteiger partial charge in [0.15, 0.2) is 5.96 Å². The molecular weight excluding hydrogens is 497 g/mol. The lowest BCUT2D eigenvalue weighted by atomic mass is 10.1. The minimum absolute atomic E-state index is 0. The van der Waals surface area contributed by atoms with Gasteiger partial charge in [0.2, 0.25) is 0 Å². The number of morpholine rings is 1. The molecule has 0 aliphatic carbocycles. The summed E-state index contributed by atoms with van der Waals surface area (Å²) in [6.45, 7) is 13.2. The molecule has 8 nitrogen and oxygen atoms in total. The van der Waals surface area contributed by atoms with Crippen molar-refractivity contribution in [2.24, 2.45) is 4.99 Å². The molecule has 3 N–H and O–H groups in total. The Morgan fingerprint density at radius 2 is 1.80 bits per heavy atom. The number of guanidine groups is 1. The third kappa shape index (κ3) is 9.84. The fourth-order valence-corrected chi connectivity index (χ4v) is 2.92. The van der Waals surface area contributed by atoms with Crippen LogP contribution in [0.3, 0.4) is 0 Å². The van der Waals surface area contributed by atoms with Crippen molar-refractivity contribution >= 4 is 41.7 Å². The molecule has 0 bridgehead atoms. The third-order valence-corrected chi connectivity index (χ3v) is 4.18. The molecule has 1 saturated heterocycles. The summed E-state index contributed by atoms with van der Waals surface area (Å²) in [5, 5.41) is 9.22. The number of para-hydroxylation sites is 1. The number of nitrogens with one attached hydrogen (secondary N) is 3. The number of hydrogen-bond donors (Lipinski definition) is 3. The van der Waals surface area contributed by atoms with Gasteiger partial charge in [-0.25, -0.2) is 9.79 Å². The minimum atomic E-state index is -0.498. The molecule has 1 aromatic rings. The monoisotopic (exact) mass is 533 g/mol.